The molecule has 12 atom stereocenters. The van der Waals surface area contributed by atoms with Gasteiger partial charge in [-0.15, -0.1) is 0 Å². The Morgan fingerprint density at radius 2 is 1.82 bits per heavy atom. The molecule has 2 saturated heterocycles. The molecule has 5 heteroatoms. The predicted octanol–water partition coefficient (Wildman–Crippen LogP) is 3.16. The Balaban J connectivity index is 1.19. The lowest BCUT2D eigenvalue weighted by molar-refractivity contribution is -0.235. The van der Waals surface area contributed by atoms with Crippen LogP contribution in [-0.4, -0.2) is 52.6 Å². The lowest BCUT2D eigenvalue weighted by Crippen LogP contribution is -2.69. The number of aliphatic hydroxyl groups excluding tert-OH is 1. The molecule has 0 bridgehead atoms. The molecule has 5 saturated carbocycles. The largest absolute Gasteiger partial charge is 0.389 e. The zero-order chi connectivity index (χ0) is 22.8. The third kappa shape index (κ3) is 1.93. The minimum atomic E-state index is -0.480. The number of hydrogen-bond acceptors (Lipinski definition) is 5. The smallest absolute Gasteiger partial charge is 0.133 e. The van der Waals surface area contributed by atoms with E-state index in [1.165, 1.54) is 31.3 Å². The quantitative estimate of drug-likeness (QED) is 0.491. The molecule has 8 aliphatic rings. The summed E-state index contributed by atoms with van der Waals surface area (Å²) in [5.41, 5.74) is 16.5. The molecule has 5 N–H and O–H groups in total. The molecule has 182 valence electrons. The number of fused-ring (bicyclic) bond motifs is 6. The van der Waals surface area contributed by atoms with E-state index in [9.17, 15) is 5.11 Å². The van der Waals surface area contributed by atoms with E-state index < -0.39 is 5.72 Å². The Bertz CT molecular complexity index is 984. The van der Waals surface area contributed by atoms with E-state index in [2.05, 4.69) is 31.9 Å². The minimum Gasteiger partial charge on any atom is -0.389 e. The first-order chi connectivity index (χ1) is 15.5. The zero-order valence-electron chi connectivity index (χ0n) is 20.8. The van der Waals surface area contributed by atoms with Crippen LogP contribution in [-0.2, 0) is 4.74 Å². The van der Waals surface area contributed by atoms with Gasteiger partial charge in [0.2, 0.25) is 0 Å². The molecule has 0 aromatic rings. The molecular weight excluding hydrogens is 410 g/mol. The van der Waals surface area contributed by atoms with Crippen LogP contribution in [0.4, 0.5) is 0 Å². The third-order valence-corrected chi connectivity index (χ3v) is 13.5. The van der Waals surface area contributed by atoms with Gasteiger partial charge in [0.25, 0.3) is 0 Å². The SMILES string of the molecule is C[C@@H]1CN(C)[C@H]2[C@H]3CC45CC46C[C@H]4[C@@H](CCC7=C[C@@H](O)CCC74C)[C@]6(N)CC[C@@]35O[C@]2(N)C1. The highest BCUT2D eigenvalue weighted by Gasteiger charge is 2.95. The second kappa shape index (κ2) is 5.59. The van der Waals surface area contributed by atoms with Crippen LogP contribution in [0.3, 0.4) is 0 Å². The monoisotopic (exact) mass is 453 g/mol. The molecular formula is C28H43N3O2. The number of hydrogen-bond donors (Lipinski definition) is 3. The van der Waals surface area contributed by atoms with E-state index in [0.717, 1.165) is 45.1 Å². The van der Waals surface area contributed by atoms with Crippen LogP contribution in [0, 0.1) is 39.9 Å². The van der Waals surface area contributed by atoms with Gasteiger partial charge >= 0.3 is 0 Å². The normalized spacial score (nSPS) is 67.0. The lowest BCUT2D eigenvalue weighted by atomic mass is 9.46. The van der Waals surface area contributed by atoms with E-state index in [1.807, 2.05) is 0 Å². The third-order valence-electron chi connectivity index (χ3n) is 13.5. The molecule has 6 aliphatic carbocycles. The summed E-state index contributed by atoms with van der Waals surface area (Å²) in [5.74, 6) is 2.47. The fraction of sp³-hybridized carbons (Fsp3) is 0.929. The summed E-state index contributed by atoms with van der Waals surface area (Å²) < 4.78 is 7.21. The summed E-state index contributed by atoms with van der Waals surface area (Å²) >= 11 is 0. The fourth-order valence-corrected chi connectivity index (χ4v) is 12.5. The molecule has 3 spiro atoms. The Labute approximate surface area is 198 Å². The van der Waals surface area contributed by atoms with Gasteiger partial charge in [0.1, 0.15) is 5.72 Å². The number of nitrogens with two attached hydrogens (primary N) is 2. The van der Waals surface area contributed by atoms with Crippen molar-refractivity contribution in [2.24, 2.45) is 51.4 Å². The highest BCUT2D eigenvalue weighted by molar-refractivity contribution is 5.46. The van der Waals surface area contributed by atoms with Gasteiger partial charge in [-0.25, -0.2) is 0 Å². The van der Waals surface area contributed by atoms with E-state index in [1.54, 1.807) is 0 Å². The first kappa shape index (κ1) is 20.7. The topological polar surface area (TPSA) is 84.7 Å². The number of allylic oxidation sites excluding steroid dienone is 1. The number of piperidine rings is 1. The summed E-state index contributed by atoms with van der Waals surface area (Å²) in [6.45, 7) is 5.98. The predicted molar refractivity (Wildman–Crippen MR) is 127 cm³/mol. The second-order valence-electron chi connectivity index (χ2n) is 14.5. The Morgan fingerprint density at radius 1 is 1.03 bits per heavy atom. The standard InChI is InChI=1S/C28H43N3O2/c1-16-11-28(30)22(31(3)14-16)21-13-25-15-24(25)12-20-19(26(24,29)8-9-27(21,25)33-28)5-4-17-10-18(32)6-7-23(17,20)2/h10,16,18-22,32H,4-9,11-15,29-30H2,1-3H3/t16-,18-,19+,20-,21+,22-,23?,24?,25?,26+,27+,28+/m0/s1. The zero-order valence-corrected chi connectivity index (χ0v) is 20.8. The van der Waals surface area contributed by atoms with Crippen molar-refractivity contribution in [2.75, 3.05) is 13.6 Å². The van der Waals surface area contributed by atoms with Gasteiger partial charge in [-0.05, 0) is 99.8 Å². The molecule has 3 unspecified atom stereocenters. The van der Waals surface area contributed by atoms with Crippen molar-refractivity contribution < 1.29 is 9.84 Å². The van der Waals surface area contributed by atoms with Gasteiger partial charge < -0.3 is 21.3 Å². The first-order valence-electron chi connectivity index (χ1n) is 13.9. The Hall–Kier alpha value is -0.460. The van der Waals surface area contributed by atoms with Crippen molar-refractivity contribution in [3.63, 3.8) is 0 Å². The number of ether oxygens (including phenoxy) is 1. The Kier molecular flexibility index (Phi) is 3.51. The van der Waals surface area contributed by atoms with Gasteiger partial charge in [0, 0.05) is 23.4 Å². The van der Waals surface area contributed by atoms with Crippen LogP contribution in [0.2, 0.25) is 0 Å². The summed E-state index contributed by atoms with van der Waals surface area (Å²) in [4.78, 5) is 2.54. The maximum Gasteiger partial charge on any atom is 0.133 e. The van der Waals surface area contributed by atoms with Crippen molar-refractivity contribution >= 4 is 0 Å². The van der Waals surface area contributed by atoms with E-state index >= 15 is 0 Å². The summed E-state index contributed by atoms with van der Waals surface area (Å²) in [5, 5.41) is 10.3. The molecule has 8 rings (SSSR count). The number of rotatable bonds is 0. The summed E-state index contributed by atoms with van der Waals surface area (Å²) in [6, 6.07) is 0.373. The number of likely N-dealkylation sites (N-methyl/N-ethyl adjacent to an activating group) is 1. The van der Waals surface area contributed by atoms with Gasteiger partial charge in [-0.1, -0.05) is 25.5 Å². The number of nitrogens with zero attached hydrogens (tertiary/aromatic N) is 1. The van der Waals surface area contributed by atoms with Crippen molar-refractivity contribution in [3.8, 4) is 0 Å². The van der Waals surface area contributed by atoms with E-state index in [0.29, 0.717) is 29.7 Å². The maximum absolute atomic E-state index is 10.3. The van der Waals surface area contributed by atoms with Gasteiger partial charge in [0.05, 0.1) is 17.7 Å². The maximum atomic E-state index is 10.3. The first-order valence-corrected chi connectivity index (χ1v) is 13.9. The van der Waals surface area contributed by atoms with Crippen LogP contribution < -0.4 is 11.5 Å². The van der Waals surface area contributed by atoms with Crippen LogP contribution in [0.5, 0.6) is 0 Å². The van der Waals surface area contributed by atoms with Crippen molar-refractivity contribution in [1.29, 1.82) is 0 Å². The van der Waals surface area contributed by atoms with Crippen molar-refractivity contribution in [3.05, 3.63) is 11.6 Å². The van der Waals surface area contributed by atoms with Gasteiger partial charge in [-0.2, -0.15) is 0 Å². The lowest BCUT2D eigenvalue weighted by Gasteiger charge is -2.62. The van der Waals surface area contributed by atoms with Crippen molar-refractivity contribution in [2.45, 2.75) is 107 Å². The molecule has 5 nitrogen and oxygen atoms in total. The van der Waals surface area contributed by atoms with Gasteiger partial charge in [-0.3, -0.25) is 4.90 Å². The second-order valence-corrected chi connectivity index (χ2v) is 14.5. The molecule has 0 aromatic carbocycles. The van der Waals surface area contributed by atoms with Crippen LogP contribution in [0.15, 0.2) is 11.6 Å². The van der Waals surface area contributed by atoms with Crippen LogP contribution in [0.25, 0.3) is 0 Å². The molecule has 33 heavy (non-hydrogen) atoms. The van der Waals surface area contributed by atoms with Crippen LogP contribution in [0.1, 0.15) is 78.1 Å². The van der Waals surface area contributed by atoms with E-state index in [-0.39, 0.29) is 33.5 Å². The summed E-state index contributed by atoms with van der Waals surface area (Å²) in [6.07, 6.45) is 13.4. The van der Waals surface area contributed by atoms with Gasteiger partial charge in [0.15, 0.2) is 0 Å². The number of aliphatic hydroxyl groups is 1. The van der Waals surface area contributed by atoms with Crippen LogP contribution >= 0.6 is 0 Å². The van der Waals surface area contributed by atoms with Crippen molar-refractivity contribution in [1.82, 2.24) is 4.90 Å². The average molecular weight is 454 g/mol. The molecule has 0 amide bonds. The molecule has 2 aliphatic heterocycles. The average Bonchev–Trinajstić information content (AvgIpc) is 3.30. The minimum absolute atomic E-state index is 0.0244. The van der Waals surface area contributed by atoms with E-state index in [4.69, 9.17) is 16.2 Å². The molecule has 0 radical (unpaired) electrons. The highest BCUT2D eigenvalue weighted by atomic mass is 16.6. The molecule has 0 aromatic heterocycles. The fourth-order valence-electron chi connectivity index (χ4n) is 12.5. The molecule has 7 fully saturated rings. The Morgan fingerprint density at radius 3 is 2.64 bits per heavy atom. The number of likely N-dealkylation sites (tertiary alicyclic amines) is 1. The molecule has 2 heterocycles. The highest BCUT2D eigenvalue weighted by Crippen LogP contribution is 2.94. The summed E-state index contributed by atoms with van der Waals surface area (Å²) in [7, 11) is 2.28.